The van der Waals surface area contributed by atoms with Gasteiger partial charge in [-0.25, -0.2) is 4.79 Å². The highest BCUT2D eigenvalue weighted by molar-refractivity contribution is 7.14. The average Bonchev–Trinajstić information content (AvgIpc) is 2.95. The molecule has 2 aromatic heterocycles. The number of para-hydroxylation sites is 1. The number of nitrogens with one attached hydrogen (secondary N) is 2. The monoisotopic (exact) mass is 333 g/mol. The first-order chi connectivity index (χ1) is 10.3. The smallest absolute Gasteiger partial charge is 0.307 e. The van der Waals surface area contributed by atoms with Gasteiger partial charge in [0, 0.05) is 11.6 Å². The lowest BCUT2D eigenvalue weighted by Crippen LogP contribution is -2.18. The number of pyridine rings is 1. The van der Waals surface area contributed by atoms with Gasteiger partial charge in [0.15, 0.2) is 0 Å². The van der Waals surface area contributed by atoms with Crippen molar-refractivity contribution in [2.75, 3.05) is 10.6 Å². The fraction of sp³-hybridized carbons (Fsp3) is 0.125. The summed E-state index contributed by atoms with van der Waals surface area (Å²) in [5, 5.41) is 9.56. The summed E-state index contributed by atoms with van der Waals surface area (Å²) in [6.45, 7) is 2.09. The van der Waals surface area contributed by atoms with Crippen molar-refractivity contribution in [2.24, 2.45) is 0 Å². The molecule has 0 bridgehead atoms. The Bertz CT molecular complexity index is 782. The fourth-order valence-corrected chi connectivity index (χ4v) is 2.98. The van der Waals surface area contributed by atoms with E-state index in [4.69, 9.17) is 0 Å². The average molecular weight is 334 g/mol. The van der Waals surface area contributed by atoms with Gasteiger partial charge in [-0.05, 0) is 35.6 Å². The van der Waals surface area contributed by atoms with Crippen molar-refractivity contribution in [3.05, 3.63) is 53.5 Å². The van der Waals surface area contributed by atoms with Crippen LogP contribution in [0.3, 0.4) is 0 Å². The van der Waals surface area contributed by atoms with Crippen molar-refractivity contribution in [1.29, 1.82) is 0 Å². The molecule has 3 aromatic rings. The number of fused-ring (bicyclic) bond motifs is 1. The Morgan fingerprint density at radius 2 is 2.05 bits per heavy atom. The molecule has 0 radical (unpaired) electrons. The molecule has 0 saturated heterocycles. The highest BCUT2D eigenvalue weighted by Crippen LogP contribution is 2.23. The SMILES string of the molecule is CCc1csc(NC(=O)Nc2ccnc3ccccc23)c1.Cl. The number of aryl methyl sites for hydroxylation is 1. The summed E-state index contributed by atoms with van der Waals surface area (Å²) in [5.74, 6) is 0. The number of carbonyl (C=O) groups is 1. The van der Waals surface area contributed by atoms with Crippen molar-refractivity contribution in [3.8, 4) is 0 Å². The minimum Gasteiger partial charge on any atom is -0.307 e. The van der Waals surface area contributed by atoms with E-state index in [0.29, 0.717) is 0 Å². The molecule has 22 heavy (non-hydrogen) atoms. The first kappa shape index (κ1) is 16.3. The summed E-state index contributed by atoms with van der Waals surface area (Å²) in [6, 6.07) is 11.3. The number of benzene rings is 1. The van der Waals surface area contributed by atoms with Crippen LogP contribution in [-0.2, 0) is 6.42 Å². The zero-order valence-electron chi connectivity index (χ0n) is 12.0. The first-order valence-corrected chi connectivity index (χ1v) is 7.63. The third-order valence-electron chi connectivity index (χ3n) is 3.20. The molecule has 0 unspecified atom stereocenters. The lowest BCUT2D eigenvalue weighted by atomic mass is 10.2. The maximum Gasteiger partial charge on any atom is 0.324 e. The molecule has 3 rings (SSSR count). The van der Waals surface area contributed by atoms with Gasteiger partial charge in [-0.1, -0.05) is 25.1 Å². The van der Waals surface area contributed by atoms with E-state index in [0.717, 1.165) is 28.0 Å². The lowest BCUT2D eigenvalue weighted by molar-refractivity contribution is 0.262. The molecule has 0 spiro atoms. The predicted molar refractivity (Wildman–Crippen MR) is 95.3 cm³/mol. The second kappa shape index (κ2) is 7.24. The minimum atomic E-state index is -0.240. The molecular formula is C16H16ClN3OS. The van der Waals surface area contributed by atoms with E-state index >= 15 is 0 Å². The van der Waals surface area contributed by atoms with E-state index in [-0.39, 0.29) is 18.4 Å². The van der Waals surface area contributed by atoms with Crippen LogP contribution in [0.1, 0.15) is 12.5 Å². The predicted octanol–water partition coefficient (Wildman–Crippen LogP) is 4.92. The molecule has 0 aliphatic carbocycles. The summed E-state index contributed by atoms with van der Waals surface area (Å²) >= 11 is 1.53. The second-order valence-electron chi connectivity index (χ2n) is 4.63. The second-order valence-corrected chi connectivity index (χ2v) is 5.54. The molecule has 6 heteroatoms. The fourth-order valence-electron chi connectivity index (χ4n) is 2.10. The molecule has 1 aromatic carbocycles. The molecule has 0 aliphatic heterocycles. The third-order valence-corrected chi connectivity index (χ3v) is 4.09. The van der Waals surface area contributed by atoms with Gasteiger partial charge in [0.05, 0.1) is 16.2 Å². The van der Waals surface area contributed by atoms with Crippen LogP contribution in [0.25, 0.3) is 10.9 Å². The van der Waals surface area contributed by atoms with Crippen molar-refractivity contribution < 1.29 is 4.79 Å². The number of aromatic nitrogens is 1. The molecule has 0 saturated carbocycles. The van der Waals surface area contributed by atoms with Gasteiger partial charge in [-0.15, -0.1) is 23.7 Å². The van der Waals surface area contributed by atoms with Crippen LogP contribution in [-0.4, -0.2) is 11.0 Å². The normalized spacial score (nSPS) is 10.0. The van der Waals surface area contributed by atoms with Crippen molar-refractivity contribution in [2.45, 2.75) is 13.3 Å². The Morgan fingerprint density at radius 1 is 1.23 bits per heavy atom. The van der Waals surface area contributed by atoms with E-state index in [1.54, 1.807) is 12.3 Å². The lowest BCUT2D eigenvalue weighted by Gasteiger charge is -2.08. The molecule has 2 amide bonds. The number of rotatable bonds is 3. The maximum absolute atomic E-state index is 12.1. The summed E-state index contributed by atoms with van der Waals surface area (Å²) in [6.07, 6.45) is 2.66. The summed E-state index contributed by atoms with van der Waals surface area (Å²) in [5.41, 5.74) is 2.84. The highest BCUT2D eigenvalue weighted by Gasteiger charge is 2.07. The number of halogens is 1. The van der Waals surface area contributed by atoms with Gasteiger partial charge in [-0.2, -0.15) is 0 Å². The molecule has 0 aliphatic rings. The van der Waals surface area contributed by atoms with E-state index in [1.807, 2.05) is 30.3 Å². The number of nitrogens with zero attached hydrogens (tertiary/aromatic N) is 1. The van der Waals surface area contributed by atoms with E-state index < -0.39 is 0 Å². The molecule has 0 fully saturated rings. The third kappa shape index (κ3) is 3.55. The van der Waals surface area contributed by atoms with Crippen LogP contribution in [0.15, 0.2) is 48.0 Å². The van der Waals surface area contributed by atoms with Gasteiger partial charge in [-0.3, -0.25) is 10.3 Å². The van der Waals surface area contributed by atoms with E-state index in [2.05, 4.69) is 27.9 Å². The van der Waals surface area contributed by atoms with Crippen LogP contribution in [0.4, 0.5) is 15.5 Å². The quantitative estimate of drug-likeness (QED) is 0.714. The number of thiophene rings is 1. The van der Waals surface area contributed by atoms with Crippen molar-refractivity contribution >= 4 is 51.4 Å². The maximum atomic E-state index is 12.1. The molecule has 4 nitrogen and oxygen atoms in total. The summed E-state index contributed by atoms with van der Waals surface area (Å²) in [4.78, 5) is 16.4. The van der Waals surface area contributed by atoms with Gasteiger partial charge >= 0.3 is 6.03 Å². The van der Waals surface area contributed by atoms with Crippen LogP contribution in [0.5, 0.6) is 0 Å². The molecule has 0 atom stereocenters. The van der Waals surface area contributed by atoms with Gasteiger partial charge in [0.25, 0.3) is 0 Å². The zero-order valence-corrected chi connectivity index (χ0v) is 13.6. The van der Waals surface area contributed by atoms with Crippen LogP contribution in [0.2, 0.25) is 0 Å². The molecular weight excluding hydrogens is 318 g/mol. The first-order valence-electron chi connectivity index (χ1n) is 6.75. The van der Waals surface area contributed by atoms with Crippen LogP contribution >= 0.6 is 23.7 Å². The number of hydrogen-bond donors (Lipinski definition) is 2. The number of amides is 2. The van der Waals surface area contributed by atoms with Gasteiger partial charge < -0.3 is 5.32 Å². The number of anilines is 2. The van der Waals surface area contributed by atoms with E-state index in [1.165, 1.54) is 16.9 Å². The Morgan fingerprint density at radius 3 is 2.82 bits per heavy atom. The summed E-state index contributed by atoms with van der Waals surface area (Å²) in [7, 11) is 0. The number of hydrogen-bond acceptors (Lipinski definition) is 3. The highest BCUT2D eigenvalue weighted by atomic mass is 35.5. The minimum absolute atomic E-state index is 0. The molecule has 114 valence electrons. The Kier molecular flexibility index (Phi) is 5.35. The largest absolute Gasteiger partial charge is 0.324 e. The summed E-state index contributed by atoms with van der Waals surface area (Å²) < 4.78 is 0. The van der Waals surface area contributed by atoms with Crippen LogP contribution < -0.4 is 10.6 Å². The van der Waals surface area contributed by atoms with Crippen molar-refractivity contribution in [3.63, 3.8) is 0 Å². The van der Waals surface area contributed by atoms with Crippen LogP contribution in [0, 0.1) is 0 Å². The Labute approximate surface area is 139 Å². The molecule has 2 heterocycles. The van der Waals surface area contributed by atoms with E-state index in [9.17, 15) is 4.79 Å². The van der Waals surface area contributed by atoms with Gasteiger partial charge in [0.2, 0.25) is 0 Å². The Balaban J connectivity index is 0.00000176. The topological polar surface area (TPSA) is 54.0 Å². The standard InChI is InChI=1S/C16H15N3OS.ClH/c1-2-11-9-15(21-10-11)19-16(20)18-14-7-8-17-13-6-4-3-5-12(13)14;/h3-10H,2H2,1H3,(H2,17,18,19,20);1H. The van der Waals surface area contributed by atoms with Crippen molar-refractivity contribution in [1.82, 2.24) is 4.98 Å². The molecule has 2 N–H and O–H groups in total. The zero-order chi connectivity index (χ0) is 14.7. The van der Waals surface area contributed by atoms with Gasteiger partial charge in [0.1, 0.15) is 0 Å². The Hall–Kier alpha value is -2.11. The number of carbonyl (C=O) groups excluding carboxylic acids is 1. The number of urea groups is 1.